The highest BCUT2D eigenvalue weighted by molar-refractivity contribution is 7.89. The maximum atomic E-state index is 12.1. The third kappa shape index (κ3) is 7.02. The van der Waals surface area contributed by atoms with E-state index in [0.717, 1.165) is 52.0 Å². The molecule has 1 heterocycles. The van der Waals surface area contributed by atoms with Gasteiger partial charge in [-0.15, -0.1) is 0 Å². The first-order valence-corrected chi connectivity index (χ1v) is 9.55. The van der Waals surface area contributed by atoms with E-state index in [-0.39, 0.29) is 11.8 Å². The Morgan fingerprint density at radius 3 is 2.40 bits per heavy atom. The van der Waals surface area contributed by atoms with Gasteiger partial charge in [0.05, 0.1) is 5.75 Å². The molecular formula is C14H31N3O2S. The second kappa shape index (κ2) is 8.97. The topological polar surface area (TPSA) is 61.4 Å². The Kier molecular flexibility index (Phi) is 8.02. The van der Waals surface area contributed by atoms with Gasteiger partial charge in [-0.25, -0.2) is 13.1 Å². The van der Waals surface area contributed by atoms with Gasteiger partial charge in [-0.05, 0) is 58.3 Å². The molecule has 0 aromatic heterocycles. The molecule has 0 bridgehead atoms. The molecule has 2 N–H and O–H groups in total. The van der Waals surface area contributed by atoms with Gasteiger partial charge in [0.15, 0.2) is 0 Å². The molecule has 120 valence electrons. The lowest BCUT2D eigenvalue weighted by Crippen LogP contribution is -2.43. The lowest BCUT2D eigenvalue weighted by Gasteiger charge is -2.25. The molecule has 1 unspecified atom stereocenters. The van der Waals surface area contributed by atoms with E-state index >= 15 is 0 Å². The molecule has 0 amide bonds. The first-order valence-electron chi connectivity index (χ1n) is 7.90. The molecule has 20 heavy (non-hydrogen) atoms. The molecule has 6 heteroatoms. The van der Waals surface area contributed by atoms with Gasteiger partial charge in [0.2, 0.25) is 10.0 Å². The maximum Gasteiger partial charge on any atom is 0.211 e. The number of piperidine rings is 1. The van der Waals surface area contributed by atoms with Gasteiger partial charge in [0.25, 0.3) is 0 Å². The molecule has 0 radical (unpaired) electrons. The summed E-state index contributed by atoms with van der Waals surface area (Å²) in [6, 6.07) is -0.0204. The lowest BCUT2D eigenvalue weighted by molar-refractivity contribution is 0.282. The van der Waals surface area contributed by atoms with Crippen molar-refractivity contribution in [3.05, 3.63) is 0 Å². The van der Waals surface area contributed by atoms with Crippen LogP contribution in [0.2, 0.25) is 0 Å². The summed E-state index contributed by atoms with van der Waals surface area (Å²) in [5.41, 5.74) is 0. The van der Waals surface area contributed by atoms with Gasteiger partial charge in [0, 0.05) is 12.6 Å². The van der Waals surface area contributed by atoms with Gasteiger partial charge in [-0.3, -0.25) is 0 Å². The van der Waals surface area contributed by atoms with E-state index < -0.39 is 10.0 Å². The van der Waals surface area contributed by atoms with E-state index in [1.54, 1.807) is 0 Å². The van der Waals surface area contributed by atoms with Gasteiger partial charge < -0.3 is 10.2 Å². The third-order valence-electron chi connectivity index (χ3n) is 4.06. The monoisotopic (exact) mass is 305 g/mol. The number of hydrogen-bond acceptors (Lipinski definition) is 4. The fraction of sp³-hybridized carbons (Fsp3) is 1.00. The van der Waals surface area contributed by atoms with Crippen LogP contribution < -0.4 is 10.0 Å². The molecule has 1 fully saturated rings. The second-order valence-corrected chi connectivity index (χ2v) is 7.68. The average molecular weight is 305 g/mol. The molecule has 0 saturated carbocycles. The Morgan fingerprint density at radius 2 is 1.85 bits per heavy atom. The lowest BCUT2D eigenvalue weighted by atomic mass is 9.96. The standard InChI is InChI=1S/C14H31N3O2S/c1-4-17(5-2)12-13(3)16-20(18,19)11-8-14-6-9-15-10-7-14/h13-16H,4-12H2,1-3H3. The zero-order valence-electron chi connectivity index (χ0n) is 13.2. The molecule has 0 aromatic carbocycles. The van der Waals surface area contributed by atoms with Crippen molar-refractivity contribution in [2.24, 2.45) is 5.92 Å². The Balaban J connectivity index is 2.32. The van der Waals surface area contributed by atoms with E-state index in [1.165, 1.54) is 0 Å². The van der Waals surface area contributed by atoms with Gasteiger partial charge in [-0.1, -0.05) is 13.8 Å². The summed E-state index contributed by atoms with van der Waals surface area (Å²) in [5, 5.41) is 3.31. The number of likely N-dealkylation sites (N-methyl/N-ethyl adjacent to an activating group) is 1. The van der Waals surface area contributed by atoms with E-state index in [9.17, 15) is 8.42 Å². The Labute approximate surface area is 124 Å². The van der Waals surface area contributed by atoms with Crippen LogP contribution in [0.5, 0.6) is 0 Å². The molecule has 0 aliphatic carbocycles. The Morgan fingerprint density at radius 1 is 1.25 bits per heavy atom. The summed E-state index contributed by atoms with van der Waals surface area (Å²) in [6.45, 7) is 10.9. The SMILES string of the molecule is CCN(CC)CC(C)NS(=O)(=O)CCC1CCNCC1. The van der Waals surface area contributed by atoms with Crippen LogP contribution in [0.3, 0.4) is 0 Å². The highest BCUT2D eigenvalue weighted by atomic mass is 32.2. The van der Waals surface area contributed by atoms with Crippen LogP contribution in [0.4, 0.5) is 0 Å². The van der Waals surface area contributed by atoms with Crippen LogP contribution in [0, 0.1) is 5.92 Å². The molecule has 1 aliphatic rings. The number of sulfonamides is 1. The Bertz CT molecular complexity index is 349. The molecule has 5 nitrogen and oxygen atoms in total. The maximum absolute atomic E-state index is 12.1. The second-order valence-electron chi connectivity index (χ2n) is 5.81. The number of nitrogens with one attached hydrogen (secondary N) is 2. The zero-order valence-corrected chi connectivity index (χ0v) is 14.0. The van der Waals surface area contributed by atoms with Crippen LogP contribution >= 0.6 is 0 Å². The quantitative estimate of drug-likeness (QED) is 0.668. The summed E-state index contributed by atoms with van der Waals surface area (Å²) in [5.74, 6) is 0.825. The highest BCUT2D eigenvalue weighted by Crippen LogP contribution is 2.16. The van der Waals surface area contributed by atoms with Crippen LogP contribution in [0.25, 0.3) is 0 Å². The average Bonchev–Trinajstić information content (AvgIpc) is 2.43. The van der Waals surface area contributed by atoms with Crippen LogP contribution in [-0.2, 0) is 10.0 Å². The van der Waals surface area contributed by atoms with Crippen molar-refractivity contribution in [1.82, 2.24) is 14.9 Å². The molecule has 1 saturated heterocycles. The summed E-state index contributed by atoms with van der Waals surface area (Å²) in [6.07, 6.45) is 2.99. The van der Waals surface area contributed by atoms with Crippen molar-refractivity contribution < 1.29 is 8.42 Å². The van der Waals surface area contributed by atoms with Gasteiger partial charge in [-0.2, -0.15) is 0 Å². The van der Waals surface area contributed by atoms with E-state index in [1.807, 2.05) is 6.92 Å². The largest absolute Gasteiger partial charge is 0.317 e. The van der Waals surface area contributed by atoms with Gasteiger partial charge >= 0.3 is 0 Å². The number of rotatable bonds is 9. The van der Waals surface area contributed by atoms with Crippen molar-refractivity contribution >= 4 is 10.0 Å². The minimum Gasteiger partial charge on any atom is -0.317 e. The van der Waals surface area contributed by atoms with Crippen LogP contribution in [0.1, 0.15) is 40.0 Å². The fourth-order valence-electron chi connectivity index (χ4n) is 2.76. The molecule has 0 spiro atoms. The zero-order chi connectivity index (χ0) is 15.0. The molecule has 0 aromatic rings. The summed E-state index contributed by atoms with van der Waals surface area (Å²) < 4.78 is 27.0. The molecule has 1 rings (SSSR count). The first kappa shape index (κ1) is 17.9. The van der Waals surface area contributed by atoms with E-state index in [4.69, 9.17) is 0 Å². The van der Waals surface area contributed by atoms with Gasteiger partial charge in [0.1, 0.15) is 0 Å². The van der Waals surface area contributed by atoms with Crippen molar-refractivity contribution in [3.63, 3.8) is 0 Å². The van der Waals surface area contributed by atoms with Crippen LogP contribution in [0.15, 0.2) is 0 Å². The predicted molar refractivity (Wildman–Crippen MR) is 84.4 cm³/mol. The summed E-state index contributed by atoms with van der Waals surface area (Å²) in [4.78, 5) is 2.24. The van der Waals surface area contributed by atoms with Crippen molar-refractivity contribution in [1.29, 1.82) is 0 Å². The van der Waals surface area contributed by atoms with E-state index in [2.05, 4.69) is 28.8 Å². The van der Waals surface area contributed by atoms with Crippen molar-refractivity contribution in [3.8, 4) is 0 Å². The first-order chi connectivity index (χ1) is 9.46. The third-order valence-corrected chi connectivity index (χ3v) is 5.60. The highest BCUT2D eigenvalue weighted by Gasteiger charge is 2.19. The molecule has 1 aliphatic heterocycles. The normalized spacial score (nSPS) is 19.4. The molecular weight excluding hydrogens is 274 g/mol. The van der Waals surface area contributed by atoms with E-state index in [0.29, 0.717) is 5.92 Å². The van der Waals surface area contributed by atoms with Crippen molar-refractivity contribution in [2.45, 2.75) is 46.1 Å². The summed E-state index contributed by atoms with van der Waals surface area (Å²) in [7, 11) is -3.14. The summed E-state index contributed by atoms with van der Waals surface area (Å²) >= 11 is 0. The minimum absolute atomic E-state index is 0.0204. The number of hydrogen-bond donors (Lipinski definition) is 2. The predicted octanol–water partition coefficient (Wildman–Crippen LogP) is 1.03. The number of nitrogens with zero attached hydrogens (tertiary/aromatic N) is 1. The fourth-order valence-corrected chi connectivity index (χ4v) is 4.21. The van der Waals surface area contributed by atoms with Crippen LogP contribution in [-0.4, -0.2) is 57.8 Å². The molecule has 1 atom stereocenters. The minimum atomic E-state index is -3.14. The smallest absolute Gasteiger partial charge is 0.211 e. The Hall–Kier alpha value is -0.170. The van der Waals surface area contributed by atoms with Crippen molar-refractivity contribution in [2.75, 3.05) is 38.5 Å².